The molecule has 0 fully saturated rings. The summed E-state index contributed by atoms with van der Waals surface area (Å²) in [6.45, 7) is 8.31. The molecule has 0 saturated carbocycles. The number of halogens is 1. The van der Waals surface area contributed by atoms with Gasteiger partial charge in [-0.1, -0.05) is 6.07 Å². The molecular weight excluding hydrogens is 349 g/mol. The summed E-state index contributed by atoms with van der Waals surface area (Å²) in [6.07, 6.45) is 0. The molecule has 2 rings (SSSR count). The molecule has 0 atom stereocenters. The van der Waals surface area contributed by atoms with Gasteiger partial charge in [0.05, 0.1) is 17.3 Å². The van der Waals surface area contributed by atoms with Gasteiger partial charge in [0.15, 0.2) is 0 Å². The number of benzene rings is 1. The number of nitriles is 1. The molecule has 1 aromatic heterocycles. The van der Waals surface area contributed by atoms with Crippen molar-refractivity contribution < 1.29 is 0 Å². The van der Waals surface area contributed by atoms with E-state index in [-0.39, 0.29) is 0 Å². The van der Waals surface area contributed by atoms with Crippen LogP contribution in [0.3, 0.4) is 0 Å². The van der Waals surface area contributed by atoms with Crippen LogP contribution < -0.4 is 0 Å². The molecular formula is C15H16IN3. The van der Waals surface area contributed by atoms with Crippen LogP contribution in [0.1, 0.15) is 36.6 Å². The van der Waals surface area contributed by atoms with Crippen molar-refractivity contribution in [3.8, 4) is 17.3 Å². The highest BCUT2D eigenvalue weighted by molar-refractivity contribution is 14.1. The maximum absolute atomic E-state index is 8.98. The lowest BCUT2D eigenvalue weighted by molar-refractivity contribution is 0.521. The average Bonchev–Trinajstić information content (AvgIpc) is 2.66. The first-order valence-electron chi connectivity index (χ1n) is 6.21. The minimum Gasteiger partial charge on any atom is -0.256 e. The molecule has 0 N–H and O–H groups in total. The van der Waals surface area contributed by atoms with Gasteiger partial charge in [-0.15, -0.1) is 0 Å². The Morgan fingerprint density at radius 3 is 2.47 bits per heavy atom. The molecule has 0 unspecified atom stereocenters. The molecule has 0 aliphatic carbocycles. The van der Waals surface area contributed by atoms with Crippen LogP contribution in [-0.4, -0.2) is 9.78 Å². The Labute approximate surface area is 127 Å². The monoisotopic (exact) mass is 365 g/mol. The molecule has 0 aliphatic rings. The normalized spacial score (nSPS) is 10.8. The Morgan fingerprint density at radius 2 is 2.00 bits per heavy atom. The van der Waals surface area contributed by atoms with E-state index in [0.29, 0.717) is 6.04 Å². The lowest BCUT2D eigenvalue weighted by Crippen LogP contribution is -2.04. The molecule has 0 saturated heterocycles. The Hall–Kier alpha value is -1.35. The van der Waals surface area contributed by atoms with E-state index in [1.54, 1.807) is 0 Å². The van der Waals surface area contributed by atoms with Gasteiger partial charge in [0.1, 0.15) is 3.70 Å². The second-order valence-electron chi connectivity index (χ2n) is 4.94. The molecule has 0 amide bonds. The van der Waals surface area contributed by atoms with Crippen LogP contribution >= 0.6 is 22.6 Å². The lowest BCUT2D eigenvalue weighted by atomic mass is 10.0. The van der Waals surface area contributed by atoms with E-state index in [9.17, 15) is 0 Å². The van der Waals surface area contributed by atoms with E-state index < -0.39 is 0 Å². The summed E-state index contributed by atoms with van der Waals surface area (Å²) in [5.74, 6) is 0. The summed E-state index contributed by atoms with van der Waals surface area (Å²) in [7, 11) is 0. The number of aryl methyl sites for hydroxylation is 1. The van der Waals surface area contributed by atoms with Crippen LogP contribution in [0.5, 0.6) is 0 Å². The maximum atomic E-state index is 8.98. The number of nitrogens with zero attached hydrogens (tertiary/aromatic N) is 3. The van der Waals surface area contributed by atoms with Gasteiger partial charge in [0, 0.05) is 17.2 Å². The summed E-state index contributed by atoms with van der Waals surface area (Å²) in [5.41, 5.74) is 4.99. The smallest absolute Gasteiger partial charge is 0.103 e. The first kappa shape index (κ1) is 14.1. The van der Waals surface area contributed by atoms with Crippen molar-refractivity contribution in [2.45, 2.75) is 33.7 Å². The van der Waals surface area contributed by atoms with E-state index in [2.05, 4.69) is 49.4 Å². The van der Waals surface area contributed by atoms with Gasteiger partial charge < -0.3 is 0 Å². The SMILES string of the molecule is Cc1cc(-c2nn(C(C)C)c(I)c2C)ccc1C#N. The largest absolute Gasteiger partial charge is 0.256 e. The molecule has 0 aliphatic heterocycles. The van der Waals surface area contributed by atoms with E-state index in [1.165, 1.54) is 9.26 Å². The molecule has 19 heavy (non-hydrogen) atoms. The van der Waals surface area contributed by atoms with Gasteiger partial charge in [-0.3, -0.25) is 4.68 Å². The zero-order valence-corrected chi connectivity index (χ0v) is 13.7. The Balaban J connectivity index is 2.57. The first-order valence-corrected chi connectivity index (χ1v) is 7.29. The van der Waals surface area contributed by atoms with Crippen molar-refractivity contribution in [1.29, 1.82) is 5.26 Å². The molecule has 2 aromatic rings. The molecule has 0 spiro atoms. The summed E-state index contributed by atoms with van der Waals surface area (Å²) in [5, 5.41) is 13.7. The zero-order valence-electron chi connectivity index (χ0n) is 11.5. The molecule has 0 bridgehead atoms. The van der Waals surface area contributed by atoms with Gasteiger partial charge in [0.2, 0.25) is 0 Å². The fourth-order valence-electron chi connectivity index (χ4n) is 2.05. The van der Waals surface area contributed by atoms with E-state index in [4.69, 9.17) is 10.4 Å². The summed E-state index contributed by atoms with van der Waals surface area (Å²) < 4.78 is 3.21. The van der Waals surface area contributed by atoms with Crippen LogP contribution in [0.25, 0.3) is 11.3 Å². The van der Waals surface area contributed by atoms with Crippen LogP contribution in [0.15, 0.2) is 18.2 Å². The molecule has 4 heteroatoms. The van der Waals surface area contributed by atoms with Crippen molar-refractivity contribution in [1.82, 2.24) is 9.78 Å². The first-order chi connectivity index (χ1) is 8.95. The molecule has 3 nitrogen and oxygen atoms in total. The second kappa shape index (κ2) is 5.33. The van der Waals surface area contributed by atoms with Gasteiger partial charge in [-0.05, 0) is 68.0 Å². The predicted octanol–water partition coefficient (Wildman–Crippen LogP) is 4.22. The highest BCUT2D eigenvalue weighted by Gasteiger charge is 2.15. The number of aromatic nitrogens is 2. The zero-order chi connectivity index (χ0) is 14.2. The topological polar surface area (TPSA) is 41.6 Å². The fourth-order valence-corrected chi connectivity index (χ4v) is 2.97. The average molecular weight is 365 g/mol. The molecule has 98 valence electrons. The Bertz CT molecular complexity index is 663. The third kappa shape index (κ3) is 2.52. The van der Waals surface area contributed by atoms with Gasteiger partial charge in [0.25, 0.3) is 0 Å². The summed E-state index contributed by atoms with van der Waals surface area (Å²) in [6, 6.07) is 8.42. The van der Waals surface area contributed by atoms with Gasteiger partial charge >= 0.3 is 0 Å². The van der Waals surface area contributed by atoms with Crippen molar-refractivity contribution in [2.24, 2.45) is 0 Å². The van der Waals surface area contributed by atoms with Crippen LogP contribution in [-0.2, 0) is 0 Å². The van der Waals surface area contributed by atoms with Crippen molar-refractivity contribution in [2.75, 3.05) is 0 Å². The third-order valence-electron chi connectivity index (χ3n) is 3.18. The minimum absolute atomic E-state index is 0.346. The third-order valence-corrected chi connectivity index (χ3v) is 4.49. The Morgan fingerprint density at radius 1 is 1.32 bits per heavy atom. The summed E-state index contributed by atoms with van der Waals surface area (Å²) in [4.78, 5) is 0. The van der Waals surface area contributed by atoms with Gasteiger partial charge in [-0.25, -0.2) is 0 Å². The lowest BCUT2D eigenvalue weighted by Gasteiger charge is -2.06. The van der Waals surface area contributed by atoms with E-state index in [0.717, 1.165) is 22.4 Å². The van der Waals surface area contributed by atoms with Crippen molar-refractivity contribution >= 4 is 22.6 Å². The molecule has 0 radical (unpaired) electrons. The highest BCUT2D eigenvalue weighted by Crippen LogP contribution is 2.28. The highest BCUT2D eigenvalue weighted by atomic mass is 127. The van der Waals surface area contributed by atoms with Crippen molar-refractivity contribution in [3.05, 3.63) is 38.6 Å². The number of hydrogen-bond acceptors (Lipinski definition) is 2. The minimum atomic E-state index is 0.346. The van der Waals surface area contributed by atoms with Gasteiger partial charge in [-0.2, -0.15) is 10.4 Å². The standard InChI is InChI=1S/C15H16IN3/c1-9(2)19-15(16)11(4)14(18-19)12-5-6-13(8-17)10(3)7-12/h5-7,9H,1-4H3. The molecule has 1 aromatic carbocycles. The van der Waals surface area contributed by atoms with Crippen LogP contribution in [0.2, 0.25) is 0 Å². The van der Waals surface area contributed by atoms with Crippen LogP contribution in [0, 0.1) is 28.9 Å². The number of hydrogen-bond donors (Lipinski definition) is 0. The maximum Gasteiger partial charge on any atom is 0.103 e. The second-order valence-corrected chi connectivity index (χ2v) is 5.97. The van der Waals surface area contributed by atoms with E-state index in [1.807, 2.05) is 29.8 Å². The molecule has 1 heterocycles. The quantitative estimate of drug-likeness (QED) is 0.748. The summed E-state index contributed by atoms with van der Waals surface area (Å²) >= 11 is 2.34. The van der Waals surface area contributed by atoms with Crippen molar-refractivity contribution in [3.63, 3.8) is 0 Å². The van der Waals surface area contributed by atoms with E-state index >= 15 is 0 Å². The van der Waals surface area contributed by atoms with Crippen LogP contribution in [0.4, 0.5) is 0 Å². The Kier molecular flexibility index (Phi) is 3.95. The predicted molar refractivity (Wildman–Crippen MR) is 85.0 cm³/mol. The number of rotatable bonds is 2. The fraction of sp³-hybridized carbons (Fsp3) is 0.333.